The van der Waals surface area contributed by atoms with Crippen LogP contribution in [0, 0.1) is 6.92 Å². The number of hydrogen-bond acceptors (Lipinski definition) is 5. The van der Waals surface area contributed by atoms with Gasteiger partial charge in [0.2, 0.25) is 0 Å². The van der Waals surface area contributed by atoms with E-state index in [1.807, 2.05) is 31.2 Å². The maximum absolute atomic E-state index is 12.5. The molecule has 0 saturated carbocycles. The molecule has 0 aliphatic heterocycles. The van der Waals surface area contributed by atoms with Gasteiger partial charge in [-0.2, -0.15) is 0 Å². The number of pyridine rings is 1. The summed E-state index contributed by atoms with van der Waals surface area (Å²) in [5.41, 5.74) is 3.07. The van der Waals surface area contributed by atoms with Gasteiger partial charge in [-0.3, -0.25) is 4.79 Å². The molecule has 7 heteroatoms. The summed E-state index contributed by atoms with van der Waals surface area (Å²) in [6.45, 7) is 1.98. The second-order valence-corrected chi connectivity index (χ2v) is 6.47. The van der Waals surface area contributed by atoms with E-state index in [0.29, 0.717) is 33.3 Å². The normalized spacial score (nSPS) is 10.2. The number of carbonyl (C=O) groups is 2. The highest BCUT2D eigenvalue weighted by molar-refractivity contribution is 6.33. The Morgan fingerprint density at radius 1 is 1.00 bits per heavy atom. The Labute approximate surface area is 167 Å². The summed E-state index contributed by atoms with van der Waals surface area (Å²) in [7, 11) is 1.31. The second kappa shape index (κ2) is 8.54. The first kappa shape index (κ1) is 19.4. The number of anilines is 3. The van der Waals surface area contributed by atoms with Crippen molar-refractivity contribution in [2.45, 2.75) is 6.92 Å². The molecule has 6 nitrogen and oxygen atoms in total. The Kier molecular flexibility index (Phi) is 5.91. The minimum absolute atomic E-state index is 0.260. The number of amides is 1. The minimum Gasteiger partial charge on any atom is -0.465 e. The molecule has 1 amide bonds. The third kappa shape index (κ3) is 4.66. The van der Waals surface area contributed by atoms with Gasteiger partial charge in [0.25, 0.3) is 5.91 Å². The molecule has 0 bridgehead atoms. The first-order chi connectivity index (χ1) is 13.5. The van der Waals surface area contributed by atoms with Crippen LogP contribution in [0.15, 0.2) is 60.8 Å². The maximum Gasteiger partial charge on any atom is 0.337 e. The third-order valence-corrected chi connectivity index (χ3v) is 4.31. The number of methoxy groups -OCH3 is 1. The summed E-state index contributed by atoms with van der Waals surface area (Å²) in [4.78, 5) is 28.4. The Balaban J connectivity index is 1.79. The molecule has 2 aromatic carbocycles. The van der Waals surface area contributed by atoms with E-state index in [2.05, 4.69) is 15.6 Å². The molecular formula is C21H18ClN3O3. The van der Waals surface area contributed by atoms with E-state index < -0.39 is 5.97 Å². The van der Waals surface area contributed by atoms with Crippen LogP contribution < -0.4 is 10.6 Å². The fraction of sp³-hybridized carbons (Fsp3) is 0.0952. The fourth-order valence-electron chi connectivity index (χ4n) is 2.48. The van der Waals surface area contributed by atoms with Gasteiger partial charge in [-0.05, 0) is 49.4 Å². The van der Waals surface area contributed by atoms with Crippen molar-refractivity contribution in [1.29, 1.82) is 0 Å². The van der Waals surface area contributed by atoms with Crippen molar-refractivity contribution < 1.29 is 14.3 Å². The lowest BCUT2D eigenvalue weighted by molar-refractivity contribution is 0.0600. The van der Waals surface area contributed by atoms with Crippen LogP contribution in [0.3, 0.4) is 0 Å². The molecule has 0 unspecified atom stereocenters. The number of carbonyl (C=O) groups excluding carboxylic acids is 2. The fourth-order valence-corrected chi connectivity index (χ4v) is 2.65. The van der Waals surface area contributed by atoms with Crippen LogP contribution in [0.2, 0.25) is 5.02 Å². The number of rotatable bonds is 5. The summed E-state index contributed by atoms with van der Waals surface area (Å²) in [6, 6.07) is 15.5. The highest BCUT2D eigenvalue weighted by Crippen LogP contribution is 2.26. The summed E-state index contributed by atoms with van der Waals surface area (Å²) < 4.78 is 4.72. The van der Waals surface area contributed by atoms with Crippen LogP contribution in [0.1, 0.15) is 26.3 Å². The maximum atomic E-state index is 12.5. The molecule has 0 saturated heterocycles. The Morgan fingerprint density at radius 2 is 1.75 bits per heavy atom. The van der Waals surface area contributed by atoms with Crippen molar-refractivity contribution in [3.63, 3.8) is 0 Å². The van der Waals surface area contributed by atoms with E-state index in [1.165, 1.54) is 13.3 Å². The predicted octanol–water partition coefficient (Wildman–Crippen LogP) is 4.83. The number of benzene rings is 2. The predicted molar refractivity (Wildman–Crippen MR) is 109 cm³/mol. The lowest BCUT2D eigenvalue weighted by Gasteiger charge is -2.11. The number of halogens is 1. The molecular weight excluding hydrogens is 378 g/mol. The van der Waals surface area contributed by atoms with Gasteiger partial charge < -0.3 is 15.4 Å². The number of esters is 1. The number of nitrogens with one attached hydrogen (secondary N) is 2. The lowest BCUT2D eigenvalue weighted by atomic mass is 10.2. The number of ether oxygens (including phenoxy) is 1. The average Bonchev–Trinajstić information content (AvgIpc) is 2.71. The smallest absolute Gasteiger partial charge is 0.337 e. The summed E-state index contributed by atoms with van der Waals surface area (Å²) >= 11 is 6.19. The van der Waals surface area contributed by atoms with Crippen LogP contribution in [0.4, 0.5) is 17.2 Å². The zero-order valence-electron chi connectivity index (χ0n) is 15.3. The van der Waals surface area contributed by atoms with Crippen LogP contribution in [-0.4, -0.2) is 24.0 Å². The molecule has 0 aliphatic rings. The average molecular weight is 396 g/mol. The summed E-state index contributed by atoms with van der Waals surface area (Å²) in [5.74, 6) is -0.317. The lowest BCUT2D eigenvalue weighted by Crippen LogP contribution is -2.12. The Bertz CT molecular complexity index is 1020. The quantitative estimate of drug-likeness (QED) is 0.605. The van der Waals surface area contributed by atoms with E-state index >= 15 is 0 Å². The van der Waals surface area contributed by atoms with E-state index in [0.717, 1.165) is 5.56 Å². The van der Waals surface area contributed by atoms with Crippen molar-refractivity contribution >= 4 is 40.7 Å². The Hall–Kier alpha value is -3.38. The van der Waals surface area contributed by atoms with Crippen molar-refractivity contribution in [2.24, 2.45) is 0 Å². The van der Waals surface area contributed by atoms with Gasteiger partial charge >= 0.3 is 5.97 Å². The van der Waals surface area contributed by atoms with Gasteiger partial charge in [-0.25, -0.2) is 9.78 Å². The molecule has 0 atom stereocenters. The molecule has 1 aromatic heterocycles. The zero-order valence-corrected chi connectivity index (χ0v) is 16.1. The highest BCUT2D eigenvalue weighted by atomic mass is 35.5. The van der Waals surface area contributed by atoms with Gasteiger partial charge in [0.15, 0.2) is 0 Å². The zero-order chi connectivity index (χ0) is 20.1. The van der Waals surface area contributed by atoms with Crippen molar-refractivity contribution in [3.8, 4) is 0 Å². The van der Waals surface area contributed by atoms with E-state index in [-0.39, 0.29) is 5.91 Å². The largest absolute Gasteiger partial charge is 0.465 e. The molecule has 28 heavy (non-hydrogen) atoms. The molecule has 3 rings (SSSR count). The molecule has 0 spiro atoms. The van der Waals surface area contributed by atoms with Crippen molar-refractivity contribution in [1.82, 2.24) is 4.98 Å². The summed E-state index contributed by atoms with van der Waals surface area (Å²) in [6.07, 6.45) is 1.52. The number of aromatic nitrogens is 1. The molecule has 142 valence electrons. The molecule has 1 heterocycles. The first-order valence-electron chi connectivity index (χ1n) is 8.45. The summed E-state index contributed by atoms with van der Waals surface area (Å²) in [5, 5.41) is 6.27. The van der Waals surface area contributed by atoms with Crippen LogP contribution in [0.5, 0.6) is 0 Å². The third-order valence-electron chi connectivity index (χ3n) is 3.98. The van der Waals surface area contributed by atoms with E-state index in [1.54, 1.807) is 30.3 Å². The molecule has 0 radical (unpaired) electrons. The second-order valence-electron chi connectivity index (χ2n) is 6.06. The molecule has 0 fully saturated rings. The van der Waals surface area contributed by atoms with E-state index in [4.69, 9.17) is 16.3 Å². The topological polar surface area (TPSA) is 80.3 Å². The standard InChI is InChI=1S/C21H18ClN3O3/c1-13-3-6-16(7-4-13)24-20(26)14-9-10-23-19(12-14)25-18-11-15(21(27)28-2)5-8-17(18)22/h3-12H,1-2H3,(H,23,25)(H,24,26). The molecule has 3 aromatic rings. The molecule has 2 N–H and O–H groups in total. The highest BCUT2D eigenvalue weighted by Gasteiger charge is 2.11. The van der Waals surface area contributed by atoms with Gasteiger partial charge in [0, 0.05) is 17.4 Å². The minimum atomic E-state index is -0.473. The van der Waals surface area contributed by atoms with Gasteiger partial charge in [-0.15, -0.1) is 0 Å². The van der Waals surface area contributed by atoms with Crippen molar-refractivity contribution in [2.75, 3.05) is 17.7 Å². The number of hydrogen-bond donors (Lipinski definition) is 2. The number of nitrogens with zero attached hydrogens (tertiary/aromatic N) is 1. The van der Waals surface area contributed by atoms with Crippen LogP contribution >= 0.6 is 11.6 Å². The van der Waals surface area contributed by atoms with E-state index in [9.17, 15) is 9.59 Å². The molecule has 0 aliphatic carbocycles. The van der Waals surface area contributed by atoms with Crippen LogP contribution in [-0.2, 0) is 4.74 Å². The van der Waals surface area contributed by atoms with Crippen LogP contribution in [0.25, 0.3) is 0 Å². The SMILES string of the molecule is COC(=O)c1ccc(Cl)c(Nc2cc(C(=O)Nc3ccc(C)cc3)ccn2)c1. The van der Waals surface area contributed by atoms with Crippen molar-refractivity contribution in [3.05, 3.63) is 82.5 Å². The monoisotopic (exact) mass is 395 g/mol. The van der Waals surface area contributed by atoms with Gasteiger partial charge in [0.1, 0.15) is 5.82 Å². The first-order valence-corrected chi connectivity index (χ1v) is 8.83. The van der Waals surface area contributed by atoms with Gasteiger partial charge in [-0.1, -0.05) is 29.3 Å². The number of aryl methyl sites for hydroxylation is 1. The Morgan fingerprint density at radius 3 is 2.46 bits per heavy atom. The van der Waals surface area contributed by atoms with Gasteiger partial charge in [0.05, 0.1) is 23.4 Å².